The lowest BCUT2D eigenvalue weighted by atomic mass is 10.1. The predicted molar refractivity (Wildman–Crippen MR) is 113 cm³/mol. The van der Waals surface area contributed by atoms with Gasteiger partial charge in [-0.3, -0.25) is 9.59 Å². The Morgan fingerprint density at radius 2 is 1.86 bits per heavy atom. The van der Waals surface area contributed by atoms with E-state index < -0.39 is 0 Å². The van der Waals surface area contributed by atoms with Gasteiger partial charge in [0.1, 0.15) is 0 Å². The Labute approximate surface area is 166 Å². The van der Waals surface area contributed by atoms with Crippen LogP contribution in [0.5, 0.6) is 0 Å². The van der Waals surface area contributed by atoms with Crippen LogP contribution in [0.2, 0.25) is 0 Å². The molecule has 5 heteroatoms. The van der Waals surface area contributed by atoms with E-state index in [1.54, 1.807) is 12.2 Å². The second-order valence-electron chi connectivity index (χ2n) is 7.31. The molecule has 0 bridgehead atoms. The van der Waals surface area contributed by atoms with Gasteiger partial charge in [-0.25, -0.2) is 0 Å². The highest BCUT2D eigenvalue weighted by molar-refractivity contribution is 5.95. The summed E-state index contributed by atoms with van der Waals surface area (Å²) >= 11 is 0. The van der Waals surface area contributed by atoms with E-state index in [1.807, 2.05) is 73.6 Å². The number of nitrogens with one attached hydrogen (secondary N) is 1. The standard InChI is InChI=1S/C23H27N3O2/c1-25(2)17-21(19-7-4-3-5-8-19)24-22(27)15-12-18-10-13-20(14-11-18)26-16-6-9-23(26)28/h3-5,7-8,10-15,21H,6,9,16-17H2,1-2H3,(H,24,27)/b15-12+. The molecule has 1 heterocycles. The van der Waals surface area contributed by atoms with E-state index in [-0.39, 0.29) is 17.9 Å². The van der Waals surface area contributed by atoms with E-state index in [0.717, 1.165) is 36.3 Å². The van der Waals surface area contributed by atoms with Gasteiger partial charge in [-0.2, -0.15) is 0 Å². The molecule has 0 radical (unpaired) electrons. The molecule has 0 aromatic heterocycles. The molecule has 0 saturated carbocycles. The number of hydrogen-bond acceptors (Lipinski definition) is 3. The fraction of sp³-hybridized carbons (Fsp3) is 0.304. The Kier molecular flexibility index (Phi) is 6.61. The van der Waals surface area contributed by atoms with Crippen LogP contribution in [0.1, 0.15) is 30.0 Å². The SMILES string of the molecule is CN(C)CC(NC(=O)/C=C/c1ccc(N2CCCC2=O)cc1)c1ccccc1. The number of carbonyl (C=O) groups excluding carboxylic acids is 2. The molecule has 5 nitrogen and oxygen atoms in total. The minimum Gasteiger partial charge on any atom is -0.344 e. The topological polar surface area (TPSA) is 52.7 Å². The number of anilines is 1. The van der Waals surface area contributed by atoms with Gasteiger partial charge in [0.25, 0.3) is 0 Å². The van der Waals surface area contributed by atoms with E-state index in [9.17, 15) is 9.59 Å². The van der Waals surface area contributed by atoms with E-state index in [0.29, 0.717) is 6.42 Å². The van der Waals surface area contributed by atoms with Gasteiger partial charge in [0, 0.05) is 31.3 Å². The predicted octanol–water partition coefficient (Wildman–Crippen LogP) is 3.25. The van der Waals surface area contributed by atoms with E-state index in [2.05, 4.69) is 10.2 Å². The van der Waals surface area contributed by atoms with Gasteiger partial charge in [0.05, 0.1) is 6.04 Å². The fourth-order valence-corrected chi connectivity index (χ4v) is 3.36. The van der Waals surface area contributed by atoms with Gasteiger partial charge in [-0.05, 0) is 49.9 Å². The molecular formula is C23H27N3O2. The van der Waals surface area contributed by atoms with Crippen LogP contribution in [-0.4, -0.2) is 43.9 Å². The normalized spacial score (nSPS) is 15.4. The third kappa shape index (κ3) is 5.30. The van der Waals surface area contributed by atoms with Crippen molar-refractivity contribution in [1.29, 1.82) is 0 Å². The van der Waals surface area contributed by atoms with Gasteiger partial charge < -0.3 is 15.1 Å². The minimum absolute atomic E-state index is 0.0723. The first-order valence-electron chi connectivity index (χ1n) is 9.61. The fourth-order valence-electron chi connectivity index (χ4n) is 3.36. The molecule has 146 valence electrons. The smallest absolute Gasteiger partial charge is 0.244 e. The van der Waals surface area contributed by atoms with E-state index >= 15 is 0 Å². The van der Waals surface area contributed by atoms with Crippen molar-refractivity contribution in [2.24, 2.45) is 0 Å². The van der Waals surface area contributed by atoms with Crippen molar-refractivity contribution < 1.29 is 9.59 Å². The number of nitrogens with zero attached hydrogens (tertiary/aromatic N) is 2. The first kappa shape index (κ1) is 19.8. The third-order valence-electron chi connectivity index (χ3n) is 4.77. The number of benzene rings is 2. The molecule has 2 aromatic rings. The summed E-state index contributed by atoms with van der Waals surface area (Å²) in [5, 5.41) is 3.08. The maximum Gasteiger partial charge on any atom is 0.244 e. The van der Waals surface area contributed by atoms with Crippen LogP contribution >= 0.6 is 0 Å². The van der Waals surface area contributed by atoms with Crippen LogP contribution in [0.25, 0.3) is 6.08 Å². The first-order valence-corrected chi connectivity index (χ1v) is 9.61. The Morgan fingerprint density at radius 3 is 2.46 bits per heavy atom. The monoisotopic (exact) mass is 377 g/mol. The zero-order chi connectivity index (χ0) is 19.9. The van der Waals surface area contributed by atoms with Crippen molar-refractivity contribution in [3.8, 4) is 0 Å². The Hall–Kier alpha value is -2.92. The molecule has 0 aliphatic carbocycles. The molecule has 1 atom stereocenters. The van der Waals surface area contributed by atoms with Crippen LogP contribution in [-0.2, 0) is 9.59 Å². The number of rotatable bonds is 7. The second-order valence-corrected chi connectivity index (χ2v) is 7.31. The lowest BCUT2D eigenvalue weighted by Gasteiger charge is -2.22. The first-order chi connectivity index (χ1) is 13.5. The molecule has 1 fully saturated rings. The summed E-state index contributed by atoms with van der Waals surface area (Å²) in [4.78, 5) is 28.1. The zero-order valence-electron chi connectivity index (χ0n) is 16.5. The molecule has 1 saturated heterocycles. The van der Waals surface area contributed by atoms with Gasteiger partial charge in [-0.15, -0.1) is 0 Å². The summed E-state index contributed by atoms with van der Waals surface area (Å²) in [6.07, 6.45) is 4.89. The molecule has 1 aliphatic rings. The number of amides is 2. The third-order valence-corrected chi connectivity index (χ3v) is 4.77. The van der Waals surface area contributed by atoms with Gasteiger partial charge in [0.15, 0.2) is 0 Å². The van der Waals surface area contributed by atoms with Gasteiger partial charge in [-0.1, -0.05) is 42.5 Å². The number of hydrogen-bond donors (Lipinski definition) is 1. The lowest BCUT2D eigenvalue weighted by Crippen LogP contribution is -2.34. The molecular weight excluding hydrogens is 350 g/mol. The number of likely N-dealkylation sites (N-methyl/N-ethyl adjacent to an activating group) is 1. The molecule has 1 N–H and O–H groups in total. The highest BCUT2D eigenvalue weighted by Gasteiger charge is 2.21. The average Bonchev–Trinajstić information content (AvgIpc) is 3.12. The molecule has 28 heavy (non-hydrogen) atoms. The van der Waals surface area contributed by atoms with Crippen LogP contribution in [0.3, 0.4) is 0 Å². The summed E-state index contributed by atoms with van der Waals surface area (Å²) < 4.78 is 0. The van der Waals surface area contributed by atoms with Crippen molar-refractivity contribution >= 4 is 23.6 Å². The summed E-state index contributed by atoms with van der Waals surface area (Å²) in [5.74, 6) is 0.0463. The Morgan fingerprint density at radius 1 is 1.14 bits per heavy atom. The van der Waals surface area contributed by atoms with Gasteiger partial charge >= 0.3 is 0 Å². The molecule has 2 aromatic carbocycles. The second kappa shape index (κ2) is 9.33. The average molecular weight is 377 g/mol. The van der Waals surface area contributed by atoms with Crippen LogP contribution < -0.4 is 10.2 Å². The molecule has 1 unspecified atom stereocenters. The van der Waals surface area contributed by atoms with Gasteiger partial charge in [0.2, 0.25) is 11.8 Å². The summed E-state index contributed by atoms with van der Waals surface area (Å²) in [7, 11) is 3.98. The molecule has 1 aliphatic heterocycles. The maximum atomic E-state index is 12.4. The van der Waals surface area contributed by atoms with Crippen molar-refractivity contribution in [2.45, 2.75) is 18.9 Å². The summed E-state index contributed by atoms with van der Waals surface area (Å²) in [6, 6.07) is 17.6. The largest absolute Gasteiger partial charge is 0.344 e. The minimum atomic E-state index is -0.130. The Bertz CT molecular complexity index is 829. The summed E-state index contributed by atoms with van der Waals surface area (Å²) in [6.45, 7) is 1.51. The lowest BCUT2D eigenvalue weighted by molar-refractivity contribution is -0.118. The van der Waals surface area contributed by atoms with Crippen molar-refractivity contribution in [2.75, 3.05) is 32.1 Å². The molecule has 2 amide bonds. The quantitative estimate of drug-likeness (QED) is 0.754. The summed E-state index contributed by atoms with van der Waals surface area (Å²) in [5.41, 5.74) is 2.92. The van der Waals surface area contributed by atoms with E-state index in [4.69, 9.17) is 0 Å². The molecule has 3 rings (SSSR count). The van der Waals surface area contributed by atoms with Crippen LogP contribution in [0.4, 0.5) is 5.69 Å². The zero-order valence-corrected chi connectivity index (χ0v) is 16.5. The Balaban J connectivity index is 1.62. The number of carbonyl (C=O) groups is 2. The highest BCUT2D eigenvalue weighted by atomic mass is 16.2. The van der Waals surface area contributed by atoms with Crippen molar-refractivity contribution in [1.82, 2.24) is 10.2 Å². The van der Waals surface area contributed by atoms with Crippen LogP contribution in [0.15, 0.2) is 60.7 Å². The maximum absolute atomic E-state index is 12.4. The van der Waals surface area contributed by atoms with E-state index in [1.165, 1.54) is 0 Å². The van der Waals surface area contributed by atoms with Crippen molar-refractivity contribution in [3.63, 3.8) is 0 Å². The van der Waals surface area contributed by atoms with Crippen LogP contribution in [0, 0.1) is 0 Å². The van der Waals surface area contributed by atoms with Crippen molar-refractivity contribution in [3.05, 3.63) is 71.8 Å². The highest BCUT2D eigenvalue weighted by Crippen LogP contribution is 2.22. The molecule has 0 spiro atoms.